The second-order valence-electron chi connectivity index (χ2n) is 6.92. The molecule has 0 saturated carbocycles. The van der Waals surface area contributed by atoms with Crippen LogP contribution in [-0.2, 0) is 0 Å². The van der Waals surface area contributed by atoms with Crippen LogP contribution in [0, 0.1) is 5.92 Å². The van der Waals surface area contributed by atoms with Crippen LogP contribution in [-0.4, -0.2) is 43.4 Å². The Bertz CT molecular complexity index is 653. The molecule has 0 radical (unpaired) electrons. The van der Waals surface area contributed by atoms with Crippen molar-refractivity contribution in [1.82, 2.24) is 4.90 Å². The average molecular weight is 355 g/mol. The van der Waals surface area contributed by atoms with Gasteiger partial charge in [0.15, 0.2) is 0 Å². The second-order valence-corrected chi connectivity index (χ2v) is 6.92. The zero-order chi connectivity index (χ0) is 18.2. The first kappa shape index (κ1) is 18.7. The Morgan fingerprint density at radius 3 is 2.50 bits per heavy atom. The standard InChI is InChI=1S/C22H29NO3/c1-25-20-9-5-10-21(17-20)26-16-6-13-23-14-11-19(12-15-23)22(24)18-7-3-2-4-8-18/h2-5,7-10,17,19,22,24H,6,11-16H2,1H3. The lowest BCUT2D eigenvalue weighted by molar-refractivity contribution is 0.0575. The summed E-state index contributed by atoms with van der Waals surface area (Å²) in [6.45, 7) is 3.85. The van der Waals surface area contributed by atoms with Gasteiger partial charge in [0, 0.05) is 12.6 Å². The Morgan fingerprint density at radius 1 is 1.04 bits per heavy atom. The Hall–Kier alpha value is -2.04. The highest BCUT2D eigenvalue weighted by Gasteiger charge is 2.25. The SMILES string of the molecule is COc1cccc(OCCCN2CCC(C(O)c3ccccc3)CC2)c1. The van der Waals surface area contributed by atoms with Crippen molar-refractivity contribution in [1.29, 1.82) is 0 Å². The monoisotopic (exact) mass is 355 g/mol. The molecule has 1 atom stereocenters. The van der Waals surface area contributed by atoms with Gasteiger partial charge in [0.2, 0.25) is 0 Å². The van der Waals surface area contributed by atoms with E-state index in [1.165, 1.54) is 0 Å². The molecule has 0 aliphatic carbocycles. The van der Waals surface area contributed by atoms with Crippen LogP contribution in [0.3, 0.4) is 0 Å². The molecule has 1 fully saturated rings. The number of methoxy groups -OCH3 is 1. The molecule has 0 aromatic heterocycles. The molecule has 1 aliphatic rings. The number of likely N-dealkylation sites (tertiary alicyclic amines) is 1. The summed E-state index contributed by atoms with van der Waals surface area (Å²) in [4.78, 5) is 2.48. The van der Waals surface area contributed by atoms with Crippen molar-refractivity contribution in [3.63, 3.8) is 0 Å². The van der Waals surface area contributed by atoms with E-state index in [1.807, 2.05) is 54.6 Å². The van der Waals surface area contributed by atoms with Crippen LogP contribution in [0.2, 0.25) is 0 Å². The van der Waals surface area contributed by atoms with E-state index in [9.17, 15) is 5.11 Å². The topological polar surface area (TPSA) is 41.9 Å². The van der Waals surface area contributed by atoms with E-state index in [4.69, 9.17) is 9.47 Å². The lowest BCUT2D eigenvalue weighted by Gasteiger charge is -2.34. The molecule has 0 amide bonds. The molecule has 1 heterocycles. The van der Waals surface area contributed by atoms with Gasteiger partial charge < -0.3 is 19.5 Å². The van der Waals surface area contributed by atoms with Gasteiger partial charge >= 0.3 is 0 Å². The van der Waals surface area contributed by atoms with Crippen LogP contribution in [0.25, 0.3) is 0 Å². The number of ether oxygens (including phenoxy) is 2. The maximum atomic E-state index is 10.6. The lowest BCUT2D eigenvalue weighted by Crippen LogP contribution is -2.36. The van der Waals surface area contributed by atoms with Gasteiger partial charge in [-0.3, -0.25) is 0 Å². The minimum atomic E-state index is -0.338. The maximum Gasteiger partial charge on any atom is 0.122 e. The van der Waals surface area contributed by atoms with Crippen molar-refractivity contribution in [2.75, 3.05) is 33.4 Å². The Morgan fingerprint density at radius 2 is 1.77 bits per heavy atom. The van der Waals surface area contributed by atoms with E-state index in [0.717, 1.165) is 56.0 Å². The van der Waals surface area contributed by atoms with E-state index >= 15 is 0 Å². The summed E-state index contributed by atoms with van der Waals surface area (Å²) < 4.78 is 11.0. The molecule has 4 heteroatoms. The number of piperidine rings is 1. The van der Waals surface area contributed by atoms with E-state index in [1.54, 1.807) is 7.11 Å². The van der Waals surface area contributed by atoms with Crippen molar-refractivity contribution < 1.29 is 14.6 Å². The minimum absolute atomic E-state index is 0.338. The second kappa shape index (κ2) is 9.60. The van der Waals surface area contributed by atoms with E-state index in [0.29, 0.717) is 12.5 Å². The molecular weight excluding hydrogens is 326 g/mol. The van der Waals surface area contributed by atoms with Crippen LogP contribution in [0.4, 0.5) is 0 Å². The highest BCUT2D eigenvalue weighted by Crippen LogP contribution is 2.30. The molecule has 3 rings (SSSR count). The summed E-state index contributed by atoms with van der Waals surface area (Å²) >= 11 is 0. The first-order chi connectivity index (χ1) is 12.8. The van der Waals surface area contributed by atoms with E-state index in [2.05, 4.69) is 4.90 Å². The minimum Gasteiger partial charge on any atom is -0.497 e. The largest absolute Gasteiger partial charge is 0.497 e. The number of benzene rings is 2. The lowest BCUT2D eigenvalue weighted by atomic mass is 9.87. The predicted octanol–water partition coefficient (Wildman–Crippen LogP) is 3.91. The predicted molar refractivity (Wildman–Crippen MR) is 104 cm³/mol. The number of nitrogens with zero attached hydrogens (tertiary/aromatic N) is 1. The number of aliphatic hydroxyl groups excluding tert-OH is 1. The highest BCUT2D eigenvalue weighted by atomic mass is 16.5. The summed E-state index contributed by atoms with van der Waals surface area (Å²) in [6, 6.07) is 17.8. The normalized spacial score (nSPS) is 17.0. The van der Waals surface area contributed by atoms with Gasteiger partial charge in [-0.05, 0) is 56.0 Å². The summed E-state index contributed by atoms with van der Waals surface area (Å²) in [5.41, 5.74) is 1.04. The number of rotatable bonds is 8. The average Bonchev–Trinajstić information content (AvgIpc) is 2.72. The van der Waals surface area contributed by atoms with Crippen molar-refractivity contribution in [3.8, 4) is 11.5 Å². The third-order valence-corrected chi connectivity index (χ3v) is 5.15. The third-order valence-electron chi connectivity index (χ3n) is 5.15. The molecule has 1 N–H and O–H groups in total. The fourth-order valence-electron chi connectivity index (χ4n) is 3.58. The molecule has 140 valence electrons. The Labute approximate surface area is 156 Å². The van der Waals surface area contributed by atoms with Crippen molar-refractivity contribution in [2.45, 2.75) is 25.4 Å². The number of hydrogen-bond donors (Lipinski definition) is 1. The molecule has 26 heavy (non-hydrogen) atoms. The van der Waals surface area contributed by atoms with Gasteiger partial charge in [0.05, 0.1) is 19.8 Å². The Balaban J connectivity index is 1.35. The van der Waals surface area contributed by atoms with Crippen molar-refractivity contribution in [3.05, 3.63) is 60.2 Å². The van der Waals surface area contributed by atoms with Gasteiger partial charge in [0.25, 0.3) is 0 Å². The molecule has 2 aromatic rings. The molecule has 1 saturated heterocycles. The van der Waals surface area contributed by atoms with Crippen LogP contribution in [0.5, 0.6) is 11.5 Å². The maximum absolute atomic E-state index is 10.6. The smallest absolute Gasteiger partial charge is 0.122 e. The molecule has 1 aliphatic heterocycles. The van der Waals surface area contributed by atoms with Crippen LogP contribution >= 0.6 is 0 Å². The molecular formula is C22H29NO3. The van der Waals surface area contributed by atoms with Crippen molar-refractivity contribution >= 4 is 0 Å². The first-order valence-electron chi connectivity index (χ1n) is 9.48. The molecule has 1 unspecified atom stereocenters. The van der Waals surface area contributed by atoms with Crippen LogP contribution < -0.4 is 9.47 Å². The fourth-order valence-corrected chi connectivity index (χ4v) is 3.58. The van der Waals surface area contributed by atoms with E-state index < -0.39 is 0 Å². The van der Waals surface area contributed by atoms with Gasteiger partial charge in [-0.15, -0.1) is 0 Å². The van der Waals surface area contributed by atoms with Gasteiger partial charge in [-0.2, -0.15) is 0 Å². The summed E-state index contributed by atoms with van der Waals surface area (Å²) in [7, 11) is 1.66. The van der Waals surface area contributed by atoms with Gasteiger partial charge in [0.1, 0.15) is 11.5 Å². The van der Waals surface area contributed by atoms with Crippen LogP contribution in [0.15, 0.2) is 54.6 Å². The summed E-state index contributed by atoms with van der Waals surface area (Å²) in [5, 5.41) is 10.6. The summed E-state index contributed by atoms with van der Waals surface area (Å²) in [5.74, 6) is 2.04. The van der Waals surface area contributed by atoms with Gasteiger partial charge in [-0.1, -0.05) is 36.4 Å². The van der Waals surface area contributed by atoms with Gasteiger partial charge in [-0.25, -0.2) is 0 Å². The first-order valence-corrected chi connectivity index (χ1v) is 9.48. The molecule has 0 spiro atoms. The Kier molecular flexibility index (Phi) is 6.92. The fraction of sp³-hybridized carbons (Fsp3) is 0.455. The highest BCUT2D eigenvalue weighted by molar-refractivity contribution is 5.32. The third kappa shape index (κ3) is 5.23. The van der Waals surface area contributed by atoms with E-state index in [-0.39, 0.29) is 6.10 Å². The number of aliphatic hydroxyl groups is 1. The van der Waals surface area contributed by atoms with Crippen molar-refractivity contribution in [2.24, 2.45) is 5.92 Å². The zero-order valence-electron chi connectivity index (χ0n) is 15.5. The number of hydrogen-bond acceptors (Lipinski definition) is 4. The zero-order valence-corrected chi connectivity index (χ0v) is 15.5. The molecule has 0 bridgehead atoms. The summed E-state index contributed by atoms with van der Waals surface area (Å²) in [6.07, 6.45) is 2.76. The molecule has 2 aromatic carbocycles. The molecule has 4 nitrogen and oxygen atoms in total. The quantitative estimate of drug-likeness (QED) is 0.729. The van der Waals surface area contributed by atoms with Crippen LogP contribution in [0.1, 0.15) is 30.9 Å².